The summed E-state index contributed by atoms with van der Waals surface area (Å²) in [6.45, 7) is 8.88. The number of para-hydroxylation sites is 1. The number of hydrogen-bond donors (Lipinski definition) is 0. The Kier molecular flexibility index (Phi) is 9.28. The van der Waals surface area contributed by atoms with Gasteiger partial charge in [-0.3, -0.25) is 0 Å². The summed E-state index contributed by atoms with van der Waals surface area (Å²) in [6.07, 6.45) is 5.96. The van der Waals surface area contributed by atoms with E-state index in [1.165, 1.54) is 64.5 Å². The molecule has 0 saturated heterocycles. The molecule has 0 amide bonds. The second kappa shape index (κ2) is 15.8. The zero-order valence-corrected chi connectivity index (χ0v) is 38.0. The SMILES string of the molecule is C=C/C=C\C(=C)C1(c2ccccc2)c2ccccc2-c2c(N(c3ccc(-c4cccc5c4sc4ccccc45)cc3)c3ccccc3-c3ccc4oc5c6ccccc6ccc5c4c3)cccc21. The molecule has 320 valence electrons. The van der Waals surface area contributed by atoms with Crippen molar-refractivity contribution >= 4 is 81.3 Å². The molecule has 0 aliphatic heterocycles. The lowest BCUT2D eigenvalue weighted by molar-refractivity contribution is 0.672. The van der Waals surface area contributed by atoms with E-state index in [9.17, 15) is 0 Å². The molecule has 0 saturated carbocycles. The van der Waals surface area contributed by atoms with E-state index in [0.717, 1.165) is 61.1 Å². The van der Waals surface area contributed by atoms with Crippen LogP contribution in [0.1, 0.15) is 16.7 Å². The minimum Gasteiger partial charge on any atom is -0.455 e. The Morgan fingerprint density at radius 3 is 2.06 bits per heavy atom. The normalized spacial score (nSPS) is 14.3. The Balaban J connectivity index is 1.05. The van der Waals surface area contributed by atoms with E-state index in [4.69, 9.17) is 11.0 Å². The van der Waals surface area contributed by atoms with Gasteiger partial charge in [-0.15, -0.1) is 11.3 Å². The van der Waals surface area contributed by atoms with Crippen molar-refractivity contribution in [3.8, 4) is 33.4 Å². The maximum absolute atomic E-state index is 6.62. The van der Waals surface area contributed by atoms with Gasteiger partial charge in [-0.1, -0.05) is 201 Å². The predicted molar refractivity (Wildman–Crippen MR) is 290 cm³/mol. The van der Waals surface area contributed by atoms with Crippen LogP contribution in [0.2, 0.25) is 0 Å². The van der Waals surface area contributed by atoms with E-state index >= 15 is 0 Å². The summed E-state index contributed by atoms with van der Waals surface area (Å²) < 4.78 is 9.23. The van der Waals surface area contributed by atoms with Gasteiger partial charge in [-0.05, 0) is 98.4 Å². The van der Waals surface area contributed by atoms with Crippen LogP contribution in [0.25, 0.3) is 86.3 Å². The van der Waals surface area contributed by atoms with Gasteiger partial charge in [0.2, 0.25) is 0 Å². The van der Waals surface area contributed by atoms with E-state index in [-0.39, 0.29) is 0 Å². The topological polar surface area (TPSA) is 16.4 Å². The maximum Gasteiger partial charge on any atom is 0.143 e. The molecule has 13 rings (SSSR count). The van der Waals surface area contributed by atoms with Gasteiger partial charge in [-0.2, -0.15) is 0 Å². The molecule has 2 heterocycles. The van der Waals surface area contributed by atoms with E-state index in [2.05, 4.69) is 236 Å². The van der Waals surface area contributed by atoms with Crippen LogP contribution in [0.15, 0.2) is 260 Å². The molecule has 12 aromatic rings. The molecule has 1 unspecified atom stereocenters. The monoisotopic (exact) mass is 885 g/mol. The third-order valence-corrected chi connectivity index (χ3v) is 15.3. The summed E-state index contributed by atoms with van der Waals surface area (Å²) in [5.41, 5.74) is 15.9. The first-order valence-corrected chi connectivity index (χ1v) is 23.9. The molecule has 10 aromatic carbocycles. The summed E-state index contributed by atoms with van der Waals surface area (Å²) in [5, 5.41) is 7.09. The zero-order valence-electron chi connectivity index (χ0n) is 37.2. The van der Waals surface area contributed by atoms with E-state index in [0.29, 0.717) is 0 Å². The first-order valence-electron chi connectivity index (χ1n) is 23.1. The number of thiophene rings is 1. The Morgan fingerprint density at radius 2 is 1.19 bits per heavy atom. The molecule has 2 aromatic heterocycles. The van der Waals surface area contributed by atoms with Crippen LogP contribution in [0.5, 0.6) is 0 Å². The van der Waals surface area contributed by atoms with Crippen LogP contribution in [-0.2, 0) is 5.41 Å². The summed E-state index contributed by atoms with van der Waals surface area (Å²) in [4.78, 5) is 2.48. The molecule has 1 atom stereocenters. The third kappa shape index (κ3) is 5.96. The number of benzene rings is 10. The van der Waals surface area contributed by atoms with Crippen molar-refractivity contribution in [3.63, 3.8) is 0 Å². The van der Waals surface area contributed by atoms with Gasteiger partial charge >= 0.3 is 0 Å². The molecule has 3 heteroatoms. The van der Waals surface area contributed by atoms with E-state index < -0.39 is 5.41 Å². The number of hydrogen-bond acceptors (Lipinski definition) is 3. The summed E-state index contributed by atoms with van der Waals surface area (Å²) in [5.74, 6) is 0. The Morgan fingerprint density at radius 1 is 0.515 bits per heavy atom. The second-order valence-electron chi connectivity index (χ2n) is 17.6. The molecular formula is C65H43NOS. The average Bonchev–Trinajstić information content (AvgIpc) is 4.07. The van der Waals surface area contributed by atoms with Crippen LogP contribution >= 0.6 is 11.3 Å². The lowest BCUT2D eigenvalue weighted by atomic mass is 9.67. The molecule has 0 N–H and O–H groups in total. The van der Waals surface area contributed by atoms with Crippen molar-refractivity contribution in [1.82, 2.24) is 0 Å². The summed E-state index contributed by atoms with van der Waals surface area (Å²) in [6, 6.07) is 79.5. The number of anilines is 3. The fourth-order valence-electron chi connectivity index (χ4n) is 11.1. The number of nitrogens with zero attached hydrogens (tertiary/aromatic N) is 1. The van der Waals surface area contributed by atoms with Crippen molar-refractivity contribution in [2.75, 3.05) is 4.90 Å². The van der Waals surface area contributed by atoms with Crippen molar-refractivity contribution in [2.45, 2.75) is 5.41 Å². The average molecular weight is 886 g/mol. The highest BCUT2D eigenvalue weighted by atomic mass is 32.1. The Labute approximate surface area is 399 Å². The van der Waals surface area contributed by atoms with Crippen LogP contribution in [0.4, 0.5) is 17.1 Å². The largest absolute Gasteiger partial charge is 0.455 e. The van der Waals surface area contributed by atoms with E-state index in [1.807, 2.05) is 23.5 Å². The summed E-state index contributed by atoms with van der Waals surface area (Å²) in [7, 11) is 0. The van der Waals surface area contributed by atoms with Crippen LogP contribution in [0.3, 0.4) is 0 Å². The van der Waals surface area contributed by atoms with Crippen molar-refractivity contribution in [2.24, 2.45) is 0 Å². The van der Waals surface area contributed by atoms with E-state index in [1.54, 1.807) is 0 Å². The highest BCUT2D eigenvalue weighted by Crippen LogP contribution is 2.60. The van der Waals surface area contributed by atoms with Crippen molar-refractivity contribution < 1.29 is 4.42 Å². The smallest absolute Gasteiger partial charge is 0.143 e. The molecule has 0 radical (unpaired) electrons. The number of allylic oxidation sites excluding steroid dienone is 4. The minimum absolute atomic E-state index is 0.655. The van der Waals surface area contributed by atoms with Gasteiger partial charge in [0.15, 0.2) is 0 Å². The fraction of sp³-hybridized carbons (Fsp3) is 0.0154. The summed E-state index contributed by atoms with van der Waals surface area (Å²) >= 11 is 1.87. The van der Waals surface area contributed by atoms with Crippen molar-refractivity contribution in [3.05, 3.63) is 272 Å². The van der Waals surface area contributed by atoms with Crippen LogP contribution in [-0.4, -0.2) is 0 Å². The first-order chi connectivity index (χ1) is 33.6. The van der Waals surface area contributed by atoms with Gasteiger partial charge in [-0.25, -0.2) is 0 Å². The van der Waals surface area contributed by atoms with Gasteiger partial charge in [0.05, 0.1) is 16.8 Å². The molecule has 1 aliphatic carbocycles. The Bertz CT molecular complexity index is 4020. The highest BCUT2D eigenvalue weighted by Gasteiger charge is 2.47. The van der Waals surface area contributed by atoms with Crippen LogP contribution < -0.4 is 4.90 Å². The molecule has 2 nitrogen and oxygen atoms in total. The maximum atomic E-state index is 6.62. The molecule has 0 spiro atoms. The molecule has 0 bridgehead atoms. The van der Waals surface area contributed by atoms with Crippen LogP contribution in [0, 0.1) is 0 Å². The standard InChI is InChI=1S/C65H43NOS/c1-3-4-18-42(2)65(46-20-6-5-7-21-46)56-28-13-10-25-54(56)62-57(65)29-17-31-59(62)66(47-37-33-44(34-38-47)50-26-16-27-53-51-24-12-15-32-61(51)68-64(50)53)58-30-14-11-22-48(58)45-36-40-60-55(41-45)52-39-35-43-19-8-9-23-49(43)63(52)67-60/h3-41H,1-2H2/b18-4-. The molecule has 1 aliphatic rings. The number of fused-ring (bicyclic) bond motifs is 11. The predicted octanol–water partition coefficient (Wildman–Crippen LogP) is 18.5. The third-order valence-electron chi connectivity index (χ3n) is 14.1. The Hall–Kier alpha value is -8.50. The zero-order chi connectivity index (χ0) is 45.3. The van der Waals surface area contributed by atoms with Gasteiger partial charge in [0.1, 0.15) is 11.2 Å². The second-order valence-corrected chi connectivity index (χ2v) is 18.7. The quantitative estimate of drug-likeness (QED) is 0.134. The lowest BCUT2D eigenvalue weighted by Gasteiger charge is -2.35. The molecule has 68 heavy (non-hydrogen) atoms. The number of rotatable bonds is 9. The lowest BCUT2D eigenvalue weighted by Crippen LogP contribution is -2.28. The van der Waals surface area contributed by atoms with Crippen molar-refractivity contribution in [1.29, 1.82) is 0 Å². The fourth-order valence-corrected chi connectivity index (χ4v) is 12.3. The van der Waals surface area contributed by atoms with Gasteiger partial charge in [0.25, 0.3) is 0 Å². The first kappa shape index (κ1) is 39.8. The minimum atomic E-state index is -0.655. The molecular weight excluding hydrogens is 843 g/mol. The highest BCUT2D eigenvalue weighted by molar-refractivity contribution is 7.26. The van der Waals surface area contributed by atoms with Gasteiger partial charge in [0, 0.05) is 53.1 Å². The van der Waals surface area contributed by atoms with Gasteiger partial charge < -0.3 is 9.32 Å². The number of furan rings is 1. The molecule has 0 fully saturated rings.